The third-order valence-corrected chi connectivity index (χ3v) is 3.27. The molecule has 2 rings (SSSR count). The van der Waals surface area contributed by atoms with Gasteiger partial charge in [-0.05, 0) is 31.4 Å². The summed E-state index contributed by atoms with van der Waals surface area (Å²) in [5, 5.41) is 0. The predicted octanol–water partition coefficient (Wildman–Crippen LogP) is 1.66. The van der Waals surface area contributed by atoms with Crippen LogP contribution in [0.3, 0.4) is 0 Å². The summed E-state index contributed by atoms with van der Waals surface area (Å²) >= 11 is 0. The first-order valence-corrected chi connectivity index (χ1v) is 6.32. The Morgan fingerprint density at radius 2 is 1.67 bits per heavy atom. The lowest BCUT2D eigenvalue weighted by molar-refractivity contribution is -0.144. The largest absolute Gasteiger partial charge is 0.334 e. The number of anilines is 1. The van der Waals surface area contributed by atoms with Crippen LogP contribution in [0.2, 0.25) is 0 Å². The highest BCUT2D eigenvalue weighted by molar-refractivity contribution is 6.40. The first-order valence-electron chi connectivity index (χ1n) is 6.32. The van der Waals surface area contributed by atoms with Crippen LogP contribution in [0.1, 0.15) is 19.3 Å². The number of benzene rings is 1. The van der Waals surface area contributed by atoms with Crippen molar-refractivity contribution in [3.8, 4) is 0 Å². The summed E-state index contributed by atoms with van der Waals surface area (Å²) in [4.78, 5) is 27.2. The lowest BCUT2D eigenvalue weighted by Gasteiger charge is -2.27. The number of rotatable bonds is 1. The van der Waals surface area contributed by atoms with E-state index in [9.17, 15) is 9.59 Å². The summed E-state index contributed by atoms with van der Waals surface area (Å²) in [6.07, 6.45) is 3.13. The van der Waals surface area contributed by atoms with Gasteiger partial charge in [0, 0.05) is 25.8 Å². The molecule has 1 fully saturated rings. The number of nitrogens with zero attached hydrogens (tertiary/aromatic N) is 2. The highest BCUT2D eigenvalue weighted by Crippen LogP contribution is 2.14. The fraction of sp³-hybridized carbons (Fsp3) is 0.429. The van der Waals surface area contributed by atoms with Crippen molar-refractivity contribution in [3.63, 3.8) is 0 Å². The Morgan fingerprint density at radius 3 is 2.28 bits per heavy atom. The minimum Gasteiger partial charge on any atom is -0.334 e. The Balaban J connectivity index is 2.04. The third-order valence-electron chi connectivity index (χ3n) is 3.27. The molecular formula is C14H18N2O2. The molecule has 1 aliphatic heterocycles. The molecule has 96 valence electrons. The van der Waals surface area contributed by atoms with Gasteiger partial charge >= 0.3 is 11.8 Å². The van der Waals surface area contributed by atoms with E-state index in [-0.39, 0.29) is 5.91 Å². The van der Waals surface area contributed by atoms with Crippen molar-refractivity contribution in [2.45, 2.75) is 19.3 Å². The summed E-state index contributed by atoms with van der Waals surface area (Å²) in [6.45, 7) is 1.40. The fourth-order valence-electron chi connectivity index (χ4n) is 2.14. The van der Waals surface area contributed by atoms with Crippen LogP contribution in [0.15, 0.2) is 30.3 Å². The number of hydrogen-bond acceptors (Lipinski definition) is 2. The zero-order valence-electron chi connectivity index (χ0n) is 10.6. The van der Waals surface area contributed by atoms with Crippen LogP contribution in [0.4, 0.5) is 5.69 Å². The standard InChI is InChI=1S/C14H18N2O2/c1-15(12-8-4-2-5-9-12)13(17)14(18)16-10-6-3-7-11-16/h2,4-5,8-9H,3,6-7,10-11H2,1H3. The van der Waals surface area contributed by atoms with E-state index in [0.717, 1.165) is 24.9 Å². The average Bonchev–Trinajstić information content (AvgIpc) is 2.47. The van der Waals surface area contributed by atoms with Crippen LogP contribution < -0.4 is 4.90 Å². The number of para-hydroxylation sites is 1. The molecule has 1 aromatic rings. The van der Waals surface area contributed by atoms with Crippen LogP contribution in [-0.2, 0) is 9.59 Å². The number of hydrogen-bond donors (Lipinski definition) is 0. The van der Waals surface area contributed by atoms with Gasteiger partial charge in [-0.1, -0.05) is 18.2 Å². The first kappa shape index (κ1) is 12.6. The number of carbonyl (C=O) groups excluding carboxylic acids is 2. The molecule has 2 amide bonds. The van der Waals surface area contributed by atoms with E-state index in [0.29, 0.717) is 13.1 Å². The summed E-state index contributed by atoms with van der Waals surface area (Å²) in [5.74, 6) is -0.843. The summed E-state index contributed by atoms with van der Waals surface area (Å²) in [7, 11) is 1.64. The van der Waals surface area contributed by atoms with Crippen LogP contribution in [0.5, 0.6) is 0 Å². The van der Waals surface area contributed by atoms with Crippen molar-refractivity contribution < 1.29 is 9.59 Å². The van der Waals surface area contributed by atoms with Crippen molar-refractivity contribution in [1.82, 2.24) is 4.90 Å². The molecule has 0 saturated carbocycles. The molecule has 1 aliphatic rings. The molecule has 0 spiro atoms. The number of amides is 2. The summed E-state index contributed by atoms with van der Waals surface area (Å²) in [6, 6.07) is 9.23. The van der Waals surface area contributed by atoms with Crippen molar-refractivity contribution >= 4 is 17.5 Å². The molecule has 1 aromatic carbocycles. The maximum atomic E-state index is 12.1. The molecule has 1 saturated heterocycles. The minimum absolute atomic E-state index is 0.388. The Labute approximate surface area is 107 Å². The Kier molecular flexibility index (Phi) is 3.97. The van der Waals surface area contributed by atoms with E-state index < -0.39 is 5.91 Å². The molecule has 4 heteroatoms. The molecule has 0 unspecified atom stereocenters. The van der Waals surface area contributed by atoms with Gasteiger partial charge in [-0.25, -0.2) is 0 Å². The lowest BCUT2D eigenvalue weighted by Crippen LogP contribution is -2.45. The average molecular weight is 246 g/mol. The van der Waals surface area contributed by atoms with E-state index in [4.69, 9.17) is 0 Å². The molecule has 0 aliphatic carbocycles. The SMILES string of the molecule is CN(C(=O)C(=O)N1CCCCC1)c1ccccc1. The van der Waals surface area contributed by atoms with Gasteiger partial charge in [0.1, 0.15) is 0 Å². The van der Waals surface area contributed by atoms with Crippen LogP contribution in [0.25, 0.3) is 0 Å². The second kappa shape index (κ2) is 5.67. The molecule has 1 heterocycles. The van der Waals surface area contributed by atoms with E-state index in [1.54, 1.807) is 11.9 Å². The Morgan fingerprint density at radius 1 is 1.06 bits per heavy atom. The predicted molar refractivity (Wildman–Crippen MR) is 70.3 cm³/mol. The summed E-state index contributed by atoms with van der Waals surface area (Å²) in [5.41, 5.74) is 0.743. The van der Waals surface area contributed by atoms with E-state index >= 15 is 0 Å². The minimum atomic E-state index is -0.455. The van der Waals surface area contributed by atoms with Gasteiger partial charge in [-0.2, -0.15) is 0 Å². The number of carbonyl (C=O) groups is 2. The first-order chi connectivity index (χ1) is 8.70. The van der Waals surface area contributed by atoms with Gasteiger partial charge in [-0.15, -0.1) is 0 Å². The molecule has 0 aromatic heterocycles. The van der Waals surface area contributed by atoms with Gasteiger partial charge in [0.25, 0.3) is 0 Å². The third kappa shape index (κ3) is 2.70. The van der Waals surface area contributed by atoms with Crippen LogP contribution in [-0.4, -0.2) is 36.9 Å². The molecule has 0 radical (unpaired) electrons. The van der Waals surface area contributed by atoms with Gasteiger partial charge < -0.3 is 9.80 Å². The normalized spacial score (nSPS) is 15.3. The van der Waals surface area contributed by atoms with E-state index in [1.165, 1.54) is 4.90 Å². The molecule has 18 heavy (non-hydrogen) atoms. The smallest absolute Gasteiger partial charge is 0.316 e. The molecule has 4 nitrogen and oxygen atoms in total. The Bertz CT molecular complexity index is 425. The van der Waals surface area contributed by atoms with Gasteiger partial charge in [0.15, 0.2) is 0 Å². The zero-order chi connectivity index (χ0) is 13.0. The monoisotopic (exact) mass is 246 g/mol. The molecule has 0 bridgehead atoms. The second-order valence-electron chi connectivity index (χ2n) is 4.55. The summed E-state index contributed by atoms with van der Waals surface area (Å²) < 4.78 is 0. The number of likely N-dealkylation sites (tertiary alicyclic amines) is 1. The molecular weight excluding hydrogens is 228 g/mol. The lowest BCUT2D eigenvalue weighted by atomic mass is 10.1. The second-order valence-corrected chi connectivity index (χ2v) is 4.55. The van der Waals surface area contributed by atoms with Crippen molar-refractivity contribution in [3.05, 3.63) is 30.3 Å². The van der Waals surface area contributed by atoms with Gasteiger partial charge in [0.05, 0.1) is 0 Å². The number of piperidine rings is 1. The topological polar surface area (TPSA) is 40.6 Å². The quantitative estimate of drug-likeness (QED) is 0.707. The number of likely N-dealkylation sites (N-methyl/N-ethyl adjacent to an activating group) is 1. The highest BCUT2D eigenvalue weighted by atomic mass is 16.2. The molecule has 0 N–H and O–H groups in total. The van der Waals surface area contributed by atoms with Gasteiger partial charge in [-0.3, -0.25) is 9.59 Å². The Hall–Kier alpha value is -1.84. The zero-order valence-corrected chi connectivity index (χ0v) is 10.6. The van der Waals surface area contributed by atoms with Crippen LogP contribution in [0, 0.1) is 0 Å². The maximum absolute atomic E-state index is 12.1. The fourth-order valence-corrected chi connectivity index (χ4v) is 2.14. The van der Waals surface area contributed by atoms with Crippen molar-refractivity contribution in [1.29, 1.82) is 0 Å². The van der Waals surface area contributed by atoms with Gasteiger partial charge in [0.2, 0.25) is 0 Å². The van der Waals surface area contributed by atoms with Crippen molar-refractivity contribution in [2.75, 3.05) is 25.0 Å². The maximum Gasteiger partial charge on any atom is 0.316 e. The highest BCUT2D eigenvalue weighted by Gasteiger charge is 2.26. The molecule has 0 atom stereocenters. The van der Waals surface area contributed by atoms with E-state index in [2.05, 4.69) is 0 Å². The van der Waals surface area contributed by atoms with Crippen molar-refractivity contribution in [2.24, 2.45) is 0 Å². The van der Waals surface area contributed by atoms with E-state index in [1.807, 2.05) is 30.3 Å². The van der Waals surface area contributed by atoms with Crippen LogP contribution >= 0.6 is 0 Å².